The lowest BCUT2D eigenvalue weighted by Gasteiger charge is -2.41. The first-order chi connectivity index (χ1) is 15.1. The minimum Gasteiger partial charge on any atom is -0.343 e. The first-order valence-corrected chi connectivity index (χ1v) is 12.4. The normalized spacial score (nSPS) is 22.5. The standard InChI is InChI=1S/C24H45N5O3/c1-7-27(8-2)14-12-21(30)28-15-10-20(11-16-28)24(13-9-19(3)4)22(31)29(23(32)25-24)18-17-26(5)6/h19-20H,7-18H2,1-6H3,(H,25,32)/t24-/m1/s1. The van der Waals surface area contributed by atoms with E-state index in [0.717, 1.165) is 38.9 Å². The van der Waals surface area contributed by atoms with Crippen LogP contribution in [0.4, 0.5) is 4.79 Å². The van der Waals surface area contributed by atoms with Crippen molar-refractivity contribution in [2.45, 2.75) is 65.3 Å². The summed E-state index contributed by atoms with van der Waals surface area (Å²) < 4.78 is 0. The minimum atomic E-state index is -0.829. The zero-order valence-electron chi connectivity index (χ0n) is 21.2. The molecule has 2 aliphatic heterocycles. The Morgan fingerprint density at radius 3 is 2.28 bits per heavy atom. The number of rotatable bonds is 12. The summed E-state index contributed by atoms with van der Waals surface area (Å²) in [4.78, 5) is 46.7. The highest BCUT2D eigenvalue weighted by Gasteiger charge is 2.55. The van der Waals surface area contributed by atoms with E-state index in [9.17, 15) is 14.4 Å². The molecule has 1 atom stereocenters. The zero-order valence-corrected chi connectivity index (χ0v) is 21.2. The highest BCUT2D eigenvalue weighted by atomic mass is 16.2. The highest BCUT2D eigenvalue weighted by molar-refractivity contribution is 6.07. The van der Waals surface area contributed by atoms with E-state index in [1.807, 2.05) is 23.9 Å². The molecular formula is C24H45N5O3. The Bertz CT molecular complexity index is 642. The second-order valence-corrected chi connectivity index (χ2v) is 10.0. The number of carbonyl (C=O) groups is 3. The van der Waals surface area contributed by atoms with Gasteiger partial charge in [-0.05, 0) is 64.7 Å². The molecule has 2 aliphatic rings. The molecule has 2 heterocycles. The van der Waals surface area contributed by atoms with E-state index in [4.69, 9.17) is 0 Å². The zero-order chi connectivity index (χ0) is 23.9. The van der Waals surface area contributed by atoms with Crippen LogP contribution in [0.1, 0.15) is 59.8 Å². The Hall–Kier alpha value is -1.67. The number of amides is 4. The van der Waals surface area contributed by atoms with Crippen molar-refractivity contribution in [1.29, 1.82) is 0 Å². The third-order valence-corrected chi connectivity index (χ3v) is 7.17. The number of nitrogens with one attached hydrogen (secondary N) is 1. The van der Waals surface area contributed by atoms with Gasteiger partial charge in [0.2, 0.25) is 5.91 Å². The molecule has 0 aromatic carbocycles. The van der Waals surface area contributed by atoms with Crippen LogP contribution in [0.15, 0.2) is 0 Å². The van der Waals surface area contributed by atoms with Crippen LogP contribution in [0, 0.1) is 11.8 Å². The molecular weight excluding hydrogens is 406 g/mol. The Balaban J connectivity index is 2.06. The maximum Gasteiger partial charge on any atom is 0.325 e. The number of imide groups is 1. The van der Waals surface area contributed by atoms with Crippen molar-refractivity contribution < 1.29 is 14.4 Å². The van der Waals surface area contributed by atoms with Crippen molar-refractivity contribution in [3.63, 3.8) is 0 Å². The lowest BCUT2D eigenvalue weighted by Crippen LogP contribution is -2.57. The van der Waals surface area contributed by atoms with E-state index in [0.29, 0.717) is 44.9 Å². The number of hydrogen-bond donors (Lipinski definition) is 1. The predicted octanol–water partition coefficient (Wildman–Crippen LogP) is 2.25. The summed E-state index contributed by atoms with van der Waals surface area (Å²) >= 11 is 0. The minimum absolute atomic E-state index is 0.0638. The van der Waals surface area contributed by atoms with Crippen LogP contribution in [-0.4, -0.2) is 103 Å². The Morgan fingerprint density at radius 1 is 1.12 bits per heavy atom. The third kappa shape index (κ3) is 6.44. The van der Waals surface area contributed by atoms with Gasteiger partial charge in [-0.25, -0.2) is 4.79 Å². The molecule has 2 rings (SSSR count). The van der Waals surface area contributed by atoms with Crippen molar-refractivity contribution in [3.8, 4) is 0 Å². The molecule has 8 heteroatoms. The van der Waals surface area contributed by atoms with E-state index < -0.39 is 5.54 Å². The second-order valence-electron chi connectivity index (χ2n) is 10.0. The number of nitrogens with zero attached hydrogens (tertiary/aromatic N) is 4. The molecule has 2 saturated heterocycles. The van der Waals surface area contributed by atoms with Crippen molar-refractivity contribution in [3.05, 3.63) is 0 Å². The fraction of sp³-hybridized carbons (Fsp3) is 0.875. The van der Waals surface area contributed by atoms with Gasteiger partial charge in [-0.15, -0.1) is 0 Å². The molecule has 184 valence electrons. The van der Waals surface area contributed by atoms with Crippen LogP contribution in [0.25, 0.3) is 0 Å². The van der Waals surface area contributed by atoms with Crippen LogP contribution in [-0.2, 0) is 9.59 Å². The first kappa shape index (κ1) is 26.6. The summed E-state index contributed by atoms with van der Waals surface area (Å²) in [6.07, 6.45) is 3.59. The summed E-state index contributed by atoms with van der Waals surface area (Å²) in [6.45, 7) is 13.6. The molecule has 0 bridgehead atoms. The smallest absolute Gasteiger partial charge is 0.325 e. The molecule has 0 saturated carbocycles. The number of carbonyl (C=O) groups excluding carboxylic acids is 3. The molecule has 1 N–H and O–H groups in total. The Labute approximate surface area is 194 Å². The van der Waals surface area contributed by atoms with Gasteiger partial charge < -0.3 is 20.0 Å². The Kier molecular flexibility index (Phi) is 9.95. The fourth-order valence-electron chi connectivity index (χ4n) is 4.89. The van der Waals surface area contributed by atoms with Gasteiger partial charge >= 0.3 is 6.03 Å². The Morgan fingerprint density at radius 2 is 1.75 bits per heavy atom. The van der Waals surface area contributed by atoms with E-state index in [1.54, 1.807) is 0 Å². The third-order valence-electron chi connectivity index (χ3n) is 7.17. The van der Waals surface area contributed by atoms with Crippen molar-refractivity contribution in [1.82, 2.24) is 24.9 Å². The van der Waals surface area contributed by atoms with Crippen LogP contribution < -0.4 is 5.32 Å². The van der Waals surface area contributed by atoms with Gasteiger partial charge in [0.25, 0.3) is 5.91 Å². The number of likely N-dealkylation sites (tertiary alicyclic amines) is 1. The molecule has 2 fully saturated rings. The monoisotopic (exact) mass is 451 g/mol. The van der Waals surface area contributed by atoms with Crippen molar-refractivity contribution in [2.24, 2.45) is 11.8 Å². The van der Waals surface area contributed by atoms with Gasteiger partial charge in [0, 0.05) is 39.1 Å². The van der Waals surface area contributed by atoms with E-state index in [2.05, 4.69) is 37.9 Å². The summed E-state index contributed by atoms with van der Waals surface area (Å²) in [5.74, 6) is 0.639. The second kappa shape index (κ2) is 12.0. The number of piperidine rings is 1. The summed E-state index contributed by atoms with van der Waals surface area (Å²) in [6, 6.07) is -0.265. The average Bonchev–Trinajstić information content (AvgIpc) is 3.01. The fourth-order valence-corrected chi connectivity index (χ4v) is 4.89. The number of urea groups is 1. The number of hydrogen-bond acceptors (Lipinski definition) is 5. The van der Waals surface area contributed by atoms with Gasteiger partial charge in [0.15, 0.2) is 0 Å². The number of likely N-dealkylation sites (N-methyl/N-ethyl adjacent to an activating group) is 1. The molecule has 0 spiro atoms. The molecule has 0 radical (unpaired) electrons. The molecule has 8 nitrogen and oxygen atoms in total. The van der Waals surface area contributed by atoms with E-state index in [1.165, 1.54) is 4.90 Å². The first-order valence-electron chi connectivity index (χ1n) is 12.4. The van der Waals surface area contributed by atoms with E-state index in [-0.39, 0.29) is 23.8 Å². The summed E-state index contributed by atoms with van der Waals surface area (Å²) in [5.41, 5.74) is -0.829. The lowest BCUT2D eigenvalue weighted by molar-refractivity contribution is -0.136. The molecule has 0 aromatic heterocycles. The molecule has 0 aromatic rings. The van der Waals surface area contributed by atoms with Crippen molar-refractivity contribution >= 4 is 17.8 Å². The molecule has 32 heavy (non-hydrogen) atoms. The molecule has 4 amide bonds. The van der Waals surface area contributed by atoms with Gasteiger partial charge in [-0.3, -0.25) is 14.5 Å². The van der Waals surface area contributed by atoms with Gasteiger partial charge in [-0.1, -0.05) is 27.7 Å². The maximum atomic E-state index is 13.6. The quantitative estimate of drug-likeness (QED) is 0.461. The predicted molar refractivity (Wildman–Crippen MR) is 127 cm³/mol. The van der Waals surface area contributed by atoms with Gasteiger partial charge in [0.1, 0.15) is 5.54 Å². The van der Waals surface area contributed by atoms with Gasteiger partial charge in [-0.2, -0.15) is 0 Å². The maximum absolute atomic E-state index is 13.6. The average molecular weight is 452 g/mol. The van der Waals surface area contributed by atoms with Crippen LogP contribution in [0.5, 0.6) is 0 Å². The van der Waals surface area contributed by atoms with Crippen LogP contribution >= 0.6 is 0 Å². The van der Waals surface area contributed by atoms with Gasteiger partial charge in [0.05, 0.1) is 0 Å². The largest absolute Gasteiger partial charge is 0.343 e. The topological polar surface area (TPSA) is 76.2 Å². The van der Waals surface area contributed by atoms with Crippen LogP contribution in [0.2, 0.25) is 0 Å². The van der Waals surface area contributed by atoms with Crippen molar-refractivity contribution in [2.75, 3.05) is 59.9 Å². The summed E-state index contributed by atoms with van der Waals surface area (Å²) in [7, 11) is 3.88. The molecule has 0 unspecified atom stereocenters. The lowest BCUT2D eigenvalue weighted by atomic mass is 9.74. The SMILES string of the molecule is CCN(CC)CCC(=O)N1CCC([C@@]2(CCC(C)C)NC(=O)N(CCN(C)C)C2=O)CC1. The van der Waals surface area contributed by atoms with Crippen LogP contribution in [0.3, 0.4) is 0 Å². The molecule has 0 aliphatic carbocycles. The summed E-state index contributed by atoms with van der Waals surface area (Å²) in [5, 5.41) is 3.12. The highest BCUT2D eigenvalue weighted by Crippen LogP contribution is 2.38. The van der Waals surface area contributed by atoms with E-state index >= 15 is 0 Å².